The summed E-state index contributed by atoms with van der Waals surface area (Å²) in [5.41, 5.74) is 6.07. The van der Waals surface area contributed by atoms with Crippen LogP contribution in [0, 0.1) is 0 Å². The summed E-state index contributed by atoms with van der Waals surface area (Å²) in [6.45, 7) is 0. The maximum atomic E-state index is 5.10. The minimum Gasteiger partial charge on any atom is -0.248 e. The molecule has 0 saturated carbocycles. The third-order valence-electron chi connectivity index (χ3n) is 8.34. The van der Waals surface area contributed by atoms with Gasteiger partial charge in [-0.2, -0.15) is 0 Å². The SMILES string of the molecule is c1ccc2nc3cccc(P(c4cccc5nc6ccccc6cc45)c4cccc5nc6ccccc6cc45)c3cc2c1. The van der Waals surface area contributed by atoms with Gasteiger partial charge in [-0.3, -0.25) is 0 Å². The lowest BCUT2D eigenvalue weighted by Crippen LogP contribution is -2.23. The summed E-state index contributed by atoms with van der Waals surface area (Å²) in [5, 5.41) is 10.8. The maximum Gasteiger partial charge on any atom is 0.0716 e. The van der Waals surface area contributed by atoms with E-state index in [-0.39, 0.29) is 0 Å². The standard InChI is InChI=1S/C39H24N3P/c1-4-13-31-25(10-1)22-28-34(40-31)16-7-19-37(28)43(38-20-8-17-35-29(38)23-26-11-2-5-14-32(26)41-35)39-21-9-18-36-30(39)24-27-12-3-6-15-33(27)42-36/h1-24H. The number of hydrogen-bond donors (Lipinski definition) is 0. The lowest BCUT2D eigenvalue weighted by atomic mass is 10.1. The van der Waals surface area contributed by atoms with Crippen LogP contribution in [-0.4, -0.2) is 15.0 Å². The van der Waals surface area contributed by atoms with Crippen molar-refractivity contribution in [2.75, 3.05) is 0 Å². The van der Waals surface area contributed by atoms with E-state index in [0.29, 0.717) is 0 Å². The first-order chi connectivity index (χ1) is 21.3. The monoisotopic (exact) mass is 565 g/mol. The van der Waals surface area contributed by atoms with Crippen molar-refractivity contribution < 1.29 is 0 Å². The summed E-state index contributed by atoms with van der Waals surface area (Å²) in [6, 6.07) is 51.9. The first-order valence-electron chi connectivity index (χ1n) is 14.5. The number of pyridine rings is 3. The molecule has 0 amide bonds. The average Bonchev–Trinajstić information content (AvgIpc) is 3.06. The second-order valence-electron chi connectivity index (χ2n) is 10.9. The van der Waals surface area contributed by atoms with Gasteiger partial charge in [-0.15, -0.1) is 0 Å². The molecule has 43 heavy (non-hydrogen) atoms. The highest BCUT2D eigenvalue weighted by atomic mass is 31.1. The normalized spacial score (nSPS) is 11.9. The Kier molecular flexibility index (Phi) is 5.47. The van der Waals surface area contributed by atoms with Crippen molar-refractivity contribution in [3.63, 3.8) is 0 Å². The zero-order valence-corrected chi connectivity index (χ0v) is 24.0. The third kappa shape index (κ3) is 3.97. The summed E-state index contributed by atoms with van der Waals surface area (Å²) >= 11 is 0. The van der Waals surface area contributed by atoms with Crippen LogP contribution in [-0.2, 0) is 0 Å². The Balaban J connectivity index is 1.42. The molecular weight excluding hydrogens is 541 g/mol. The van der Waals surface area contributed by atoms with E-state index in [1.807, 2.05) is 0 Å². The largest absolute Gasteiger partial charge is 0.248 e. The summed E-state index contributed by atoms with van der Waals surface area (Å²) in [5.74, 6) is 0. The first kappa shape index (κ1) is 24.4. The van der Waals surface area contributed by atoms with Gasteiger partial charge in [0.25, 0.3) is 0 Å². The molecule has 0 fully saturated rings. The zero-order chi connectivity index (χ0) is 28.3. The van der Waals surface area contributed by atoms with E-state index in [9.17, 15) is 0 Å². The van der Waals surface area contributed by atoms with Gasteiger partial charge in [-0.05, 0) is 78.4 Å². The molecule has 3 nitrogen and oxygen atoms in total. The van der Waals surface area contributed by atoms with Crippen molar-refractivity contribution in [2.45, 2.75) is 0 Å². The molecule has 0 saturated heterocycles. The molecule has 0 aliphatic carbocycles. The Hall–Kier alpha value is -5.24. The Labute approximate surface area is 249 Å². The number of hydrogen-bond acceptors (Lipinski definition) is 3. The highest BCUT2D eigenvalue weighted by Gasteiger charge is 2.24. The predicted molar refractivity (Wildman–Crippen MR) is 184 cm³/mol. The molecule has 0 radical (unpaired) electrons. The van der Waals surface area contributed by atoms with Gasteiger partial charge in [0.05, 0.1) is 33.1 Å². The van der Waals surface area contributed by atoms with Crippen molar-refractivity contribution in [3.8, 4) is 0 Å². The fraction of sp³-hybridized carbons (Fsp3) is 0. The van der Waals surface area contributed by atoms with E-state index in [2.05, 4.69) is 146 Å². The van der Waals surface area contributed by atoms with Crippen LogP contribution in [0.1, 0.15) is 0 Å². The summed E-state index contributed by atoms with van der Waals surface area (Å²) < 4.78 is 0. The van der Waals surface area contributed by atoms with E-state index in [0.717, 1.165) is 49.3 Å². The molecule has 0 spiro atoms. The van der Waals surface area contributed by atoms with Gasteiger partial charge < -0.3 is 0 Å². The summed E-state index contributed by atoms with van der Waals surface area (Å²) in [4.78, 5) is 15.3. The lowest BCUT2D eigenvalue weighted by Gasteiger charge is -2.24. The maximum absolute atomic E-state index is 5.10. The summed E-state index contributed by atoms with van der Waals surface area (Å²) in [6.07, 6.45) is 0. The van der Waals surface area contributed by atoms with Crippen LogP contribution in [0.5, 0.6) is 0 Å². The van der Waals surface area contributed by atoms with Gasteiger partial charge in [-0.1, -0.05) is 91.0 Å². The summed E-state index contributed by atoms with van der Waals surface area (Å²) in [7, 11) is -1.03. The molecule has 0 atom stereocenters. The number of fused-ring (bicyclic) bond motifs is 6. The van der Waals surface area contributed by atoms with Gasteiger partial charge in [0.2, 0.25) is 0 Å². The molecule has 0 N–H and O–H groups in total. The third-order valence-corrected chi connectivity index (χ3v) is 11.0. The minimum absolute atomic E-state index is 1.01. The number of rotatable bonds is 3. The number of benzene rings is 6. The fourth-order valence-electron chi connectivity index (χ4n) is 6.32. The molecule has 9 rings (SSSR count). The number of para-hydroxylation sites is 3. The average molecular weight is 566 g/mol. The molecule has 4 heteroatoms. The van der Waals surface area contributed by atoms with Crippen LogP contribution in [0.3, 0.4) is 0 Å². The Morgan fingerprint density at radius 3 is 0.953 bits per heavy atom. The molecule has 200 valence electrons. The van der Waals surface area contributed by atoms with E-state index in [1.165, 1.54) is 32.1 Å². The van der Waals surface area contributed by atoms with Crippen molar-refractivity contribution in [3.05, 3.63) is 146 Å². The van der Waals surface area contributed by atoms with Crippen molar-refractivity contribution >= 4 is 89.3 Å². The van der Waals surface area contributed by atoms with Crippen LogP contribution in [0.4, 0.5) is 0 Å². The number of aromatic nitrogens is 3. The van der Waals surface area contributed by atoms with Crippen molar-refractivity contribution in [2.24, 2.45) is 0 Å². The lowest BCUT2D eigenvalue weighted by molar-refractivity contribution is 1.50. The van der Waals surface area contributed by atoms with Gasteiger partial charge in [-0.25, -0.2) is 15.0 Å². The van der Waals surface area contributed by atoms with Gasteiger partial charge in [0, 0.05) is 32.3 Å². The van der Waals surface area contributed by atoms with Crippen LogP contribution in [0.2, 0.25) is 0 Å². The molecular formula is C39H24N3P. The van der Waals surface area contributed by atoms with E-state index < -0.39 is 7.92 Å². The molecule has 6 aromatic carbocycles. The van der Waals surface area contributed by atoms with Crippen LogP contribution >= 0.6 is 7.92 Å². The number of nitrogens with zero attached hydrogens (tertiary/aromatic N) is 3. The Morgan fingerprint density at radius 1 is 0.302 bits per heavy atom. The van der Waals surface area contributed by atoms with E-state index in [4.69, 9.17) is 15.0 Å². The fourth-order valence-corrected chi connectivity index (χ4v) is 9.07. The van der Waals surface area contributed by atoms with Crippen molar-refractivity contribution in [1.29, 1.82) is 0 Å². The quantitative estimate of drug-likeness (QED) is 0.159. The first-order valence-corrected chi connectivity index (χ1v) is 15.8. The molecule has 3 heterocycles. The molecule has 0 unspecified atom stereocenters. The second kappa shape index (κ2) is 9.66. The van der Waals surface area contributed by atoms with Gasteiger partial charge in [0.15, 0.2) is 0 Å². The minimum atomic E-state index is -1.03. The molecule has 0 aliphatic heterocycles. The topological polar surface area (TPSA) is 38.7 Å². The Morgan fingerprint density at radius 2 is 0.605 bits per heavy atom. The van der Waals surface area contributed by atoms with E-state index >= 15 is 0 Å². The van der Waals surface area contributed by atoms with Gasteiger partial charge in [0.1, 0.15) is 0 Å². The molecule has 9 aromatic rings. The molecule has 0 aliphatic rings. The highest BCUT2D eigenvalue weighted by Crippen LogP contribution is 2.41. The van der Waals surface area contributed by atoms with E-state index in [1.54, 1.807) is 0 Å². The van der Waals surface area contributed by atoms with Crippen LogP contribution in [0.15, 0.2) is 146 Å². The predicted octanol–water partition coefficient (Wildman–Crippen LogP) is 8.55. The Bertz CT molecular complexity index is 2260. The smallest absolute Gasteiger partial charge is 0.0716 e. The van der Waals surface area contributed by atoms with Crippen LogP contribution in [0.25, 0.3) is 65.4 Å². The van der Waals surface area contributed by atoms with Crippen LogP contribution < -0.4 is 15.9 Å². The van der Waals surface area contributed by atoms with Gasteiger partial charge >= 0.3 is 0 Å². The van der Waals surface area contributed by atoms with Crippen molar-refractivity contribution in [1.82, 2.24) is 15.0 Å². The molecule has 3 aromatic heterocycles. The highest BCUT2D eigenvalue weighted by molar-refractivity contribution is 7.81. The second-order valence-corrected chi connectivity index (χ2v) is 13.0. The zero-order valence-electron chi connectivity index (χ0n) is 23.1. The molecule has 0 bridgehead atoms.